The fourth-order valence-corrected chi connectivity index (χ4v) is 3.25. The van der Waals surface area contributed by atoms with Crippen LogP contribution in [0.15, 0.2) is 43.2 Å². The third-order valence-corrected chi connectivity index (χ3v) is 5.04. The molecule has 0 amide bonds. The van der Waals surface area contributed by atoms with Crippen LogP contribution in [0, 0.1) is 0 Å². The number of aromatic hydroxyl groups is 1. The van der Waals surface area contributed by atoms with Crippen molar-refractivity contribution in [3.63, 3.8) is 0 Å². The Hall–Kier alpha value is -1.99. The largest absolute Gasteiger partial charge is 0.504 e. The van der Waals surface area contributed by atoms with Crippen molar-refractivity contribution in [2.75, 3.05) is 6.61 Å². The molecular weight excluding hydrogens is 343 g/mol. The molecule has 0 aliphatic carbocycles. The minimum Gasteiger partial charge on any atom is -0.504 e. The van der Waals surface area contributed by atoms with Gasteiger partial charge in [0, 0.05) is 16.1 Å². The molecule has 0 aromatic heterocycles. The maximum absolute atomic E-state index is 11.0. The highest BCUT2D eigenvalue weighted by Crippen LogP contribution is 2.43. The van der Waals surface area contributed by atoms with E-state index in [-0.39, 0.29) is 5.75 Å². The van der Waals surface area contributed by atoms with Gasteiger partial charge < -0.3 is 14.6 Å². The summed E-state index contributed by atoms with van der Waals surface area (Å²) in [4.78, 5) is 0. The molecule has 0 saturated carbocycles. The molecule has 0 bridgehead atoms. The molecule has 1 N–H and O–H groups in total. The zero-order chi connectivity index (χ0) is 19.3. The van der Waals surface area contributed by atoms with Crippen molar-refractivity contribution in [3.8, 4) is 17.2 Å². The van der Waals surface area contributed by atoms with Crippen LogP contribution in [0.1, 0.15) is 51.5 Å². The molecule has 4 heteroatoms. The number of ether oxygens (including phenoxy) is 2. The molecule has 2 aromatic rings. The van der Waals surface area contributed by atoms with Gasteiger partial charge in [-0.25, -0.2) is 0 Å². The summed E-state index contributed by atoms with van der Waals surface area (Å²) in [6, 6.07) is 5.81. The van der Waals surface area contributed by atoms with Crippen LogP contribution in [0.5, 0.6) is 17.2 Å². The van der Waals surface area contributed by atoms with Crippen molar-refractivity contribution in [2.24, 2.45) is 0 Å². The lowest BCUT2D eigenvalue weighted by molar-refractivity contribution is 0.294. The normalized spacial score (nSPS) is 12.0. The van der Waals surface area contributed by atoms with Crippen molar-refractivity contribution >= 4 is 25.3 Å². The first-order valence-electron chi connectivity index (χ1n) is 9.14. The molecule has 2 aromatic carbocycles. The van der Waals surface area contributed by atoms with E-state index in [1.807, 2.05) is 6.07 Å². The number of hydrogen-bond acceptors (Lipinski definition) is 3. The van der Waals surface area contributed by atoms with Crippen LogP contribution in [0.2, 0.25) is 0 Å². The van der Waals surface area contributed by atoms with Gasteiger partial charge in [-0.1, -0.05) is 40.3 Å². The zero-order valence-corrected chi connectivity index (χ0v) is 17.1. The number of hydrogen-bond donors (Lipinski definition) is 1. The Morgan fingerprint density at radius 3 is 2.69 bits per heavy atom. The van der Waals surface area contributed by atoms with Crippen LogP contribution in [-0.2, 0) is 0 Å². The van der Waals surface area contributed by atoms with Gasteiger partial charge in [0.2, 0.25) is 0 Å². The highest BCUT2D eigenvalue weighted by molar-refractivity contribution is 7.27. The van der Waals surface area contributed by atoms with Crippen molar-refractivity contribution in [2.45, 2.75) is 46.0 Å². The zero-order valence-electron chi connectivity index (χ0n) is 16.0. The predicted octanol–water partition coefficient (Wildman–Crippen LogP) is 5.82. The van der Waals surface area contributed by atoms with Crippen molar-refractivity contribution < 1.29 is 14.6 Å². The summed E-state index contributed by atoms with van der Waals surface area (Å²) in [5.41, 5.74) is 1.09. The first-order valence-corrected chi connectivity index (χ1v) is 9.72. The van der Waals surface area contributed by atoms with Crippen LogP contribution in [0.4, 0.5) is 0 Å². The molecule has 0 heterocycles. The summed E-state index contributed by atoms with van der Waals surface area (Å²) in [6.07, 6.45) is 4.54. The maximum atomic E-state index is 11.0. The fourth-order valence-electron chi connectivity index (χ4n) is 2.85. The van der Waals surface area contributed by atoms with Crippen LogP contribution in [0.25, 0.3) is 10.8 Å². The molecule has 3 nitrogen and oxygen atoms in total. The second-order valence-corrected chi connectivity index (χ2v) is 7.12. The Labute approximate surface area is 158 Å². The summed E-state index contributed by atoms with van der Waals surface area (Å²) < 4.78 is 11.7. The Morgan fingerprint density at radius 1 is 1.35 bits per heavy atom. The third-order valence-electron chi connectivity index (χ3n) is 4.61. The summed E-state index contributed by atoms with van der Waals surface area (Å²) in [6.45, 7) is 14.5. The molecule has 140 valence electrons. The van der Waals surface area contributed by atoms with Gasteiger partial charge in [0.15, 0.2) is 11.5 Å². The summed E-state index contributed by atoms with van der Waals surface area (Å²) in [7, 11) is 2.72. The number of phenolic OH excluding ortho intramolecular Hbond substituents is 1. The molecular formula is C22H29O3P. The van der Waals surface area contributed by atoms with Crippen LogP contribution >= 0.6 is 9.24 Å². The van der Waals surface area contributed by atoms with E-state index in [0.717, 1.165) is 40.9 Å². The number of benzene rings is 2. The van der Waals surface area contributed by atoms with Gasteiger partial charge in [-0.3, -0.25) is 0 Å². The molecule has 0 aliphatic heterocycles. The average molecular weight is 372 g/mol. The molecule has 2 unspecified atom stereocenters. The van der Waals surface area contributed by atoms with Gasteiger partial charge in [-0.2, -0.15) is 0 Å². The molecule has 0 fully saturated rings. The summed E-state index contributed by atoms with van der Waals surface area (Å²) >= 11 is 0. The number of fused-ring (bicyclic) bond motifs is 1. The number of phenols is 1. The van der Waals surface area contributed by atoms with E-state index in [1.165, 1.54) is 0 Å². The van der Waals surface area contributed by atoms with E-state index in [9.17, 15) is 5.11 Å². The monoisotopic (exact) mass is 372 g/mol. The van der Waals surface area contributed by atoms with E-state index in [4.69, 9.17) is 9.47 Å². The molecule has 2 rings (SSSR count). The van der Waals surface area contributed by atoms with Gasteiger partial charge in [-0.05, 0) is 48.6 Å². The quantitative estimate of drug-likeness (QED) is 0.261. The third kappa shape index (κ3) is 4.22. The van der Waals surface area contributed by atoms with Crippen molar-refractivity contribution in [1.29, 1.82) is 0 Å². The number of unbranched alkanes of at least 4 members (excludes halogenated alkanes) is 1. The van der Waals surface area contributed by atoms with Gasteiger partial charge in [0.25, 0.3) is 0 Å². The van der Waals surface area contributed by atoms with E-state index in [0.29, 0.717) is 29.8 Å². The van der Waals surface area contributed by atoms with Gasteiger partial charge in [0.1, 0.15) is 11.5 Å². The maximum Gasteiger partial charge on any atom is 0.166 e. The Balaban J connectivity index is 2.69. The predicted molar refractivity (Wildman–Crippen MR) is 114 cm³/mol. The summed E-state index contributed by atoms with van der Waals surface area (Å²) in [5, 5.41) is 13.5. The number of allylic oxidation sites excluding steroid dienone is 1. The average Bonchev–Trinajstić information content (AvgIpc) is 2.64. The van der Waals surface area contributed by atoms with Crippen LogP contribution in [-0.4, -0.2) is 11.7 Å². The van der Waals surface area contributed by atoms with Crippen LogP contribution < -0.4 is 14.8 Å². The molecule has 2 atom stereocenters. The highest BCUT2D eigenvalue weighted by Gasteiger charge is 2.20. The topological polar surface area (TPSA) is 38.7 Å². The lowest BCUT2D eigenvalue weighted by Crippen LogP contribution is -2.07. The van der Waals surface area contributed by atoms with E-state index >= 15 is 0 Å². The Morgan fingerprint density at radius 2 is 2.08 bits per heavy atom. The second-order valence-electron chi connectivity index (χ2n) is 6.50. The Bertz CT molecular complexity index is 811. The SMILES string of the molecule is C=CC(=C)Oc1c(P)cc(C(C)CC)c2c(O)c(OCCCC)ccc12. The van der Waals surface area contributed by atoms with Crippen molar-refractivity contribution in [3.05, 3.63) is 48.8 Å². The highest BCUT2D eigenvalue weighted by atomic mass is 31.0. The minimum absolute atomic E-state index is 0.174. The second kappa shape index (κ2) is 9.09. The molecule has 0 radical (unpaired) electrons. The summed E-state index contributed by atoms with van der Waals surface area (Å²) in [5.74, 6) is 2.12. The fraction of sp³-hybridized carbons (Fsp3) is 0.364. The first kappa shape index (κ1) is 20.3. The molecule has 26 heavy (non-hydrogen) atoms. The lowest BCUT2D eigenvalue weighted by atomic mass is 9.91. The van der Waals surface area contributed by atoms with E-state index < -0.39 is 0 Å². The first-order chi connectivity index (χ1) is 12.4. The minimum atomic E-state index is 0.174. The van der Waals surface area contributed by atoms with Gasteiger partial charge in [-0.15, -0.1) is 9.24 Å². The number of rotatable bonds is 9. The standard InChI is InChI=1S/C22H29O3P/c1-6-9-12-24-18-11-10-16-20(21(18)23)17(14(4)7-2)13-19(26)22(16)25-15(5)8-3/h8,10-11,13-14,23H,3,5-7,9,12,26H2,1-2,4H3. The van der Waals surface area contributed by atoms with Crippen LogP contribution in [0.3, 0.4) is 0 Å². The smallest absolute Gasteiger partial charge is 0.166 e. The van der Waals surface area contributed by atoms with Crippen molar-refractivity contribution in [1.82, 2.24) is 0 Å². The lowest BCUT2D eigenvalue weighted by Gasteiger charge is -2.20. The molecule has 0 saturated heterocycles. The Kier molecular flexibility index (Phi) is 7.11. The molecule has 0 spiro atoms. The van der Waals surface area contributed by atoms with Gasteiger partial charge >= 0.3 is 0 Å². The van der Waals surface area contributed by atoms with E-state index in [1.54, 1.807) is 12.1 Å². The van der Waals surface area contributed by atoms with Gasteiger partial charge in [0.05, 0.1) is 6.61 Å². The molecule has 0 aliphatic rings. The van der Waals surface area contributed by atoms with E-state index in [2.05, 4.69) is 49.2 Å².